The Hall–Kier alpha value is -1.73. The van der Waals surface area contributed by atoms with E-state index in [9.17, 15) is 0 Å². The molecule has 0 aliphatic carbocycles. The van der Waals surface area contributed by atoms with Crippen LogP contribution in [0.15, 0.2) is 18.2 Å². The zero-order chi connectivity index (χ0) is 11.1. The van der Waals surface area contributed by atoms with E-state index in [0.717, 1.165) is 5.56 Å². The first-order valence-electron chi connectivity index (χ1n) is 4.78. The number of rotatable bonds is 5. The van der Waals surface area contributed by atoms with Crippen molar-refractivity contribution >= 4 is 0 Å². The minimum absolute atomic E-state index is 0.00289. The van der Waals surface area contributed by atoms with Gasteiger partial charge in [-0.1, -0.05) is 12.1 Å². The Kier molecular flexibility index (Phi) is 4.45. The topological polar surface area (TPSA) is 68.3 Å². The lowest BCUT2D eigenvalue weighted by Crippen LogP contribution is -2.05. The first-order valence-corrected chi connectivity index (χ1v) is 4.78. The van der Waals surface area contributed by atoms with Crippen LogP contribution in [0.2, 0.25) is 0 Å². The molecule has 1 aromatic carbocycles. The summed E-state index contributed by atoms with van der Waals surface area (Å²) in [5.41, 5.74) is 6.41. The largest absolute Gasteiger partial charge is 0.490 e. The molecule has 0 saturated carbocycles. The molecule has 0 aliphatic heterocycles. The van der Waals surface area contributed by atoms with E-state index >= 15 is 0 Å². The lowest BCUT2D eigenvalue weighted by Gasteiger charge is -2.13. The van der Waals surface area contributed by atoms with E-state index in [1.165, 1.54) is 0 Å². The van der Waals surface area contributed by atoms with Crippen LogP contribution in [-0.2, 0) is 6.54 Å². The van der Waals surface area contributed by atoms with Gasteiger partial charge in [-0.15, -0.1) is 0 Å². The molecule has 0 bridgehead atoms. The summed E-state index contributed by atoms with van der Waals surface area (Å²) >= 11 is 0. The summed E-state index contributed by atoms with van der Waals surface area (Å²) in [5, 5.41) is 8.46. The number of nitrogens with zero attached hydrogens (tertiary/aromatic N) is 1. The molecule has 0 saturated heterocycles. The molecule has 80 valence electrons. The van der Waals surface area contributed by atoms with Crippen molar-refractivity contribution < 1.29 is 9.47 Å². The number of hydrogen-bond acceptors (Lipinski definition) is 4. The molecule has 0 atom stereocenters. The van der Waals surface area contributed by atoms with E-state index in [2.05, 4.69) is 0 Å². The third kappa shape index (κ3) is 2.86. The lowest BCUT2D eigenvalue weighted by molar-refractivity contribution is 0.296. The molecule has 0 unspecified atom stereocenters. The van der Waals surface area contributed by atoms with Gasteiger partial charge in [0, 0.05) is 12.1 Å². The Morgan fingerprint density at radius 1 is 1.40 bits per heavy atom. The summed E-state index contributed by atoms with van der Waals surface area (Å²) < 4.78 is 10.7. The second-order valence-electron chi connectivity index (χ2n) is 2.83. The predicted octanol–water partition coefficient (Wildman–Crippen LogP) is 1.45. The maximum atomic E-state index is 8.46. The highest BCUT2D eigenvalue weighted by Crippen LogP contribution is 2.30. The zero-order valence-corrected chi connectivity index (χ0v) is 8.69. The molecule has 0 aromatic heterocycles. The van der Waals surface area contributed by atoms with Crippen LogP contribution in [0.25, 0.3) is 0 Å². The van der Waals surface area contributed by atoms with Gasteiger partial charge in [-0.3, -0.25) is 0 Å². The molecule has 0 heterocycles. The Balaban J connectivity index is 2.98. The standard InChI is InChI=1S/C11H14N2O2/c1-2-14-10-5-3-4-9(8-13)11(10)15-7-6-12/h3-5H,2,7-8,13H2,1H3. The number of para-hydroxylation sites is 1. The number of nitrogens with two attached hydrogens (primary N) is 1. The average Bonchev–Trinajstić information content (AvgIpc) is 2.27. The van der Waals surface area contributed by atoms with Gasteiger partial charge in [0.25, 0.3) is 0 Å². The molecule has 0 amide bonds. The smallest absolute Gasteiger partial charge is 0.174 e. The molecule has 2 N–H and O–H groups in total. The summed E-state index contributed by atoms with van der Waals surface area (Å²) in [6.45, 7) is 2.80. The van der Waals surface area contributed by atoms with Crippen molar-refractivity contribution in [1.82, 2.24) is 0 Å². The van der Waals surface area contributed by atoms with Crippen LogP contribution in [-0.4, -0.2) is 13.2 Å². The first-order chi connectivity index (χ1) is 7.33. The number of benzene rings is 1. The normalized spacial score (nSPS) is 9.40. The van der Waals surface area contributed by atoms with Gasteiger partial charge in [-0.05, 0) is 13.0 Å². The third-order valence-electron chi connectivity index (χ3n) is 1.86. The maximum absolute atomic E-state index is 8.46. The fourth-order valence-electron chi connectivity index (χ4n) is 1.26. The molecule has 1 rings (SSSR count). The van der Waals surface area contributed by atoms with Gasteiger partial charge >= 0.3 is 0 Å². The van der Waals surface area contributed by atoms with Gasteiger partial charge < -0.3 is 15.2 Å². The Bertz CT molecular complexity index is 358. The minimum Gasteiger partial charge on any atom is -0.490 e. The van der Waals surface area contributed by atoms with Crippen molar-refractivity contribution in [3.63, 3.8) is 0 Å². The van der Waals surface area contributed by atoms with E-state index in [-0.39, 0.29) is 6.61 Å². The summed E-state index contributed by atoms with van der Waals surface area (Å²) in [6, 6.07) is 7.43. The van der Waals surface area contributed by atoms with Crippen molar-refractivity contribution in [2.24, 2.45) is 5.73 Å². The average molecular weight is 206 g/mol. The van der Waals surface area contributed by atoms with Gasteiger partial charge in [0.05, 0.1) is 6.61 Å². The lowest BCUT2D eigenvalue weighted by atomic mass is 10.2. The SMILES string of the molecule is CCOc1cccc(CN)c1OCC#N. The molecule has 0 fully saturated rings. The van der Waals surface area contributed by atoms with Gasteiger partial charge in [0.2, 0.25) is 0 Å². The Morgan fingerprint density at radius 2 is 2.20 bits per heavy atom. The molecule has 0 aliphatic rings. The molecule has 0 spiro atoms. The molecular weight excluding hydrogens is 192 g/mol. The van der Waals surface area contributed by atoms with Crippen molar-refractivity contribution in [3.8, 4) is 17.6 Å². The second kappa shape index (κ2) is 5.89. The molecule has 15 heavy (non-hydrogen) atoms. The van der Waals surface area contributed by atoms with E-state index < -0.39 is 0 Å². The van der Waals surface area contributed by atoms with E-state index in [1.54, 1.807) is 6.07 Å². The highest BCUT2D eigenvalue weighted by Gasteiger charge is 2.09. The Labute approximate surface area is 89.2 Å². The molecular formula is C11H14N2O2. The van der Waals surface area contributed by atoms with Gasteiger partial charge in [0.15, 0.2) is 18.1 Å². The van der Waals surface area contributed by atoms with E-state index in [1.807, 2.05) is 25.1 Å². The summed E-state index contributed by atoms with van der Waals surface area (Å²) in [4.78, 5) is 0. The molecule has 0 radical (unpaired) electrons. The maximum Gasteiger partial charge on any atom is 0.174 e. The Morgan fingerprint density at radius 3 is 2.80 bits per heavy atom. The van der Waals surface area contributed by atoms with Crippen LogP contribution < -0.4 is 15.2 Å². The van der Waals surface area contributed by atoms with Gasteiger partial charge in [-0.2, -0.15) is 5.26 Å². The van der Waals surface area contributed by atoms with Crippen molar-refractivity contribution in [2.45, 2.75) is 13.5 Å². The fourth-order valence-corrected chi connectivity index (χ4v) is 1.26. The van der Waals surface area contributed by atoms with E-state index in [0.29, 0.717) is 24.7 Å². The molecule has 1 aromatic rings. The van der Waals surface area contributed by atoms with Crippen LogP contribution >= 0.6 is 0 Å². The highest BCUT2D eigenvalue weighted by molar-refractivity contribution is 5.46. The monoisotopic (exact) mass is 206 g/mol. The highest BCUT2D eigenvalue weighted by atomic mass is 16.5. The molecule has 4 nitrogen and oxygen atoms in total. The third-order valence-corrected chi connectivity index (χ3v) is 1.86. The van der Waals surface area contributed by atoms with Crippen molar-refractivity contribution in [2.75, 3.05) is 13.2 Å². The number of nitriles is 1. The minimum atomic E-state index is -0.00289. The van der Waals surface area contributed by atoms with Crippen LogP contribution in [0.1, 0.15) is 12.5 Å². The number of hydrogen-bond donors (Lipinski definition) is 1. The second-order valence-corrected chi connectivity index (χ2v) is 2.83. The zero-order valence-electron chi connectivity index (χ0n) is 8.69. The van der Waals surface area contributed by atoms with E-state index in [4.69, 9.17) is 20.5 Å². The summed E-state index contributed by atoms with van der Waals surface area (Å²) in [5.74, 6) is 1.21. The quantitative estimate of drug-likeness (QED) is 0.791. The summed E-state index contributed by atoms with van der Waals surface area (Å²) in [7, 11) is 0. The van der Waals surface area contributed by atoms with Crippen LogP contribution in [0.3, 0.4) is 0 Å². The summed E-state index contributed by atoms with van der Waals surface area (Å²) in [6.07, 6.45) is 0. The van der Waals surface area contributed by atoms with Crippen molar-refractivity contribution in [3.05, 3.63) is 23.8 Å². The fraction of sp³-hybridized carbons (Fsp3) is 0.364. The van der Waals surface area contributed by atoms with Crippen LogP contribution in [0.5, 0.6) is 11.5 Å². The first kappa shape index (κ1) is 11.3. The molecule has 4 heteroatoms. The van der Waals surface area contributed by atoms with Gasteiger partial charge in [0.1, 0.15) is 6.07 Å². The number of ether oxygens (including phenoxy) is 2. The van der Waals surface area contributed by atoms with Gasteiger partial charge in [-0.25, -0.2) is 0 Å². The van der Waals surface area contributed by atoms with Crippen LogP contribution in [0, 0.1) is 11.3 Å². The van der Waals surface area contributed by atoms with Crippen LogP contribution in [0.4, 0.5) is 0 Å². The van der Waals surface area contributed by atoms with Crippen molar-refractivity contribution in [1.29, 1.82) is 5.26 Å². The predicted molar refractivity (Wildman–Crippen MR) is 56.6 cm³/mol.